The number of halogens is 1. The Kier molecular flexibility index (Phi) is 4.20. The van der Waals surface area contributed by atoms with Gasteiger partial charge in [-0.05, 0) is 26.0 Å². The van der Waals surface area contributed by atoms with Gasteiger partial charge in [0.2, 0.25) is 11.7 Å². The number of hydrogen-bond donors (Lipinski definition) is 1. The molecule has 1 N–H and O–H groups in total. The average molecular weight is 306 g/mol. The fourth-order valence-corrected chi connectivity index (χ4v) is 2.17. The number of rotatable bonds is 4. The van der Waals surface area contributed by atoms with Crippen molar-refractivity contribution in [2.45, 2.75) is 20.3 Å². The van der Waals surface area contributed by atoms with Crippen LogP contribution < -0.4 is 5.32 Å². The smallest absolute Gasteiger partial charge is 0.306 e. The molecule has 0 aliphatic carbocycles. The van der Waals surface area contributed by atoms with E-state index in [1.54, 1.807) is 18.7 Å². The number of nitrogens with zero attached hydrogens (tertiary/aromatic N) is 3. The van der Waals surface area contributed by atoms with Crippen LogP contribution in [0.3, 0.4) is 0 Å². The first-order valence-corrected chi connectivity index (χ1v) is 6.52. The van der Waals surface area contributed by atoms with Crippen molar-refractivity contribution < 1.29 is 14.1 Å². The van der Waals surface area contributed by atoms with Crippen LogP contribution in [0, 0.1) is 29.8 Å². The number of nitro benzene ring substituents is 1. The summed E-state index contributed by atoms with van der Waals surface area (Å²) >= 11 is 0. The number of amides is 1. The molecule has 1 aromatic heterocycles. The molecular formula is C14H15FN4O3. The zero-order valence-corrected chi connectivity index (χ0v) is 12.4. The largest absolute Gasteiger partial charge is 0.326 e. The first-order chi connectivity index (χ1) is 10.3. The van der Waals surface area contributed by atoms with E-state index in [1.165, 1.54) is 6.07 Å². The van der Waals surface area contributed by atoms with Crippen molar-refractivity contribution in [3.05, 3.63) is 51.1 Å². The maximum Gasteiger partial charge on any atom is 0.306 e. The summed E-state index contributed by atoms with van der Waals surface area (Å²) in [6.07, 6.45) is 0.0939. The van der Waals surface area contributed by atoms with E-state index in [2.05, 4.69) is 10.4 Å². The number of nitrogens with one attached hydrogen (secondary N) is 1. The second-order valence-corrected chi connectivity index (χ2v) is 4.92. The molecule has 1 heterocycles. The molecule has 7 nitrogen and oxygen atoms in total. The predicted octanol–water partition coefficient (Wildman–Crippen LogP) is 2.27. The molecule has 0 saturated carbocycles. The van der Waals surface area contributed by atoms with Crippen molar-refractivity contribution in [1.29, 1.82) is 0 Å². The average Bonchev–Trinajstić information content (AvgIpc) is 2.67. The van der Waals surface area contributed by atoms with Crippen molar-refractivity contribution >= 4 is 17.3 Å². The number of nitro groups is 1. The Hall–Kier alpha value is -2.77. The highest BCUT2D eigenvalue weighted by Crippen LogP contribution is 2.22. The minimum Gasteiger partial charge on any atom is -0.326 e. The third-order valence-electron chi connectivity index (χ3n) is 3.42. The molecule has 0 spiro atoms. The number of carbonyl (C=O) groups is 1. The first kappa shape index (κ1) is 15.6. The normalized spacial score (nSPS) is 10.5. The highest BCUT2D eigenvalue weighted by atomic mass is 19.1. The van der Waals surface area contributed by atoms with Gasteiger partial charge >= 0.3 is 5.69 Å². The second kappa shape index (κ2) is 5.92. The maximum absolute atomic E-state index is 13.2. The molecule has 0 aliphatic rings. The number of anilines is 1. The summed E-state index contributed by atoms with van der Waals surface area (Å²) in [4.78, 5) is 21.9. The molecule has 116 valence electrons. The fraction of sp³-hybridized carbons (Fsp3) is 0.286. The van der Waals surface area contributed by atoms with E-state index in [4.69, 9.17) is 0 Å². The van der Waals surface area contributed by atoms with Crippen LogP contribution in [0.25, 0.3) is 0 Å². The van der Waals surface area contributed by atoms with Gasteiger partial charge in [-0.2, -0.15) is 9.49 Å². The van der Waals surface area contributed by atoms with E-state index in [0.717, 1.165) is 29.1 Å². The Labute approximate surface area is 125 Å². The second-order valence-electron chi connectivity index (χ2n) is 4.92. The Bertz CT molecular complexity index is 755. The van der Waals surface area contributed by atoms with E-state index in [9.17, 15) is 19.3 Å². The quantitative estimate of drug-likeness (QED) is 0.693. The molecule has 1 aromatic carbocycles. The zero-order chi connectivity index (χ0) is 16.4. The maximum atomic E-state index is 13.2. The summed E-state index contributed by atoms with van der Waals surface area (Å²) in [5.74, 6) is -1.29. The molecule has 0 saturated heterocycles. The number of hydrogen-bond acceptors (Lipinski definition) is 4. The Morgan fingerprint density at radius 3 is 2.68 bits per heavy atom. The number of aryl methyl sites for hydroxylation is 2. The van der Waals surface area contributed by atoms with Crippen LogP contribution in [-0.4, -0.2) is 20.6 Å². The van der Waals surface area contributed by atoms with Crippen molar-refractivity contribution in [2.24, 2.45) is 7.05 Å². The van der Waals surface area contributed by atoms with Gasteiger partial charge in [-0.15, -0.1) is 0 Å². The minimum atomic E-state index is -0.943. The van der Waals surface area contributed by atoms with Gasteiger partial charge in [0.05, 0.1) is 17.0 Å². The van der Waals surface area contributed by atoms with Crippen molar-refractivity contribution in [3.63, 3.8) is 0 Å². The summed E-state index contributed by atoms with van der Waals surface area (Å²) in [7, 11) is 1.78. The third kappa shape index (κ3) is 3.11. The van der Waals surface area contributed by atoms with E-state index in [0.29, 0.717) is 0 Å². The lowest BCUT2D eigenvalue weighted by atomic mass is 10.1. The van der Waals surface area contributed by atoms with Gasteiger partial charge in [-0.25, -0.2) is 0 Å². The van der Waals surface area contributed by atoms with Crippen molar-refractivity contribution in [1.82, 2.24) is 9.78 Å². The Morgan fingerprint density at radius 2 is 2.14 bits per heavy atom. The lowest BCUT2D eigenvalue weighted by molar-refractivity contribution is -0.387. The highest BCUT2D eigenvalue weighted by Gasteiger charge is 2.17. The SMILES string of the molecule is Cc1nn(C)c(C)c1CC(=O)Nc1ccc(F)c([N+](=O)[O-])c1. The number of carbonyl (C=O) groups excluding carboxylic acids is 1. The van der Waals surface area contributed by atoms with Gasteiger partial charge in [0, 0.05) is 30.1 Å². The first-order valence-electron chi connectivity index (χ1n) is 6.52. The number of aromatic nitrogens is 2. The highest BCUT2D eigenvalue weighted by molar-refractivity contribution is 5.92. The molecule has 2 aromatic rings. The van der Waals surface area contributed by atoms with Gasteiger partial charge in [-0.1, -0.05) is 0 Å². The van der Waals surface area contributed by atoms with Gasteiger partial charge in [-0.3, -0.25) is 19.6 Å². The topological polar surface area (TPSA) is 90.1 Å². The summed E-state index contributed by atoms with van der Waals surface area (Å²) in [5.41, 5.74) is 1.93. The molecule has 0 unspecified atom stereocenters. The van der Waals surface area contributed by atoms with E-state index < -0.39 is 16.4 Å². The van der Waals surface area contributed by atoms with Crippen molar-refractivity contribution in [2.75, 3.05) is 5.32 Å². The third-order valence-corrected chi connectivity index (χ3v) is 3.42. The molecule has 1 amide bonds. The Balaban J connectivity index is 2.16. The van der Waals surface area contributed by atoms with Gasteiger partial charge < -0.3 is 5.32 Å². The van der Waals surface area contributed by atoms with Crippen LogP contribution in [-0.2, 0) is 18.3 Å². The van der Waals surface area contributed by atoms with Crippen molar-refractivity contribution in [3.8, 4) is 0 Å². The lowest BCUT2D eigenvalue weighted by Crippen LogP contribution is -2.15. The van der Waals surface area contributed by atoms with Gasteiger partial charge in [0.15, 0.2) is 0 Å². The van der Waals surface area contributed by atoms with Gasteiger partial charge in [0.25, 0.3) is 0 Å². The fourth-order valence-electron chi connectivity index (χ4n) is 2.17. The molecule has 8 heteroatoms. The van der Waals surface area contributed by atoms with Crippen LogP contribution in [0.2, 0.25) is 0 Å². The van der Waals surface area contributed by atoms with E-state index >= 15 is 0 Å². The Morgan fingerprint density at radius 1 is 1.45 bits per heavy atom. The summed E-state index contributed by atoms with van der Waals surface area (Å²) < 4.78 is 14.9. The van der Waals surface area contributed by atoms with Crippen LogP contribution in [0.1, 0.15) is 17.0 Å². The molecule has 22 heavy (non-hydrogen) atoms. The van der Waals surface area contributed by atoms with Gasteiger partial charge in [0.1, 0.15) is 0 Å². The molecule has 2 rings (SSSR count). The molecular weight excluding hydrogens is 291 g/mol. The van der Waals surface area contributed by atoms with Crippen LogP contribution in [0.4, 0.5) is 15.8 Å². The standard InChI is InChI=1S/C14H15FN4O3/c1-8-11(9(2)18(3)17-8)7-14(20)16-10-4-5-12(15)13(6-10)19(21)22/h4-6H,7H2,1-3H3,(H,16,20). The summed E-state index contributed by atoms with van der Waals surface area (Å²) in [6, 6.07) is 3.23. The predicted molar refractivity (Wildman–Crippen MR) is 78.1 cm³/mol. The molecule has 0 fully saturated rings. The monoisotopic (exact) mass is 306 g/mol. The van der Waals surface area contributed by atoms with Crippen LogP contribution >= 0.6 is 0 Å². The van der Waals surface area contributed by atoms with E-state index in [1.807, 2.05) is 6.92 Å². The molecule has 0 radical (unpaired) electrons. The van der Waals surface area contributed by atoms with E-state index in [-0.39, 0.29) is 18.0 Å². The summed E-state index contributed by atoms with van der Waals surface area (Å²) in [5, 5.41) is 17.4. The minimum absolute atomic E-state index is 0.0939. The zero-order valence-electron chi connectivity index (χ0n) is 12.4. The molecule has 0 aliphatic heterocycles. The van der Waals surface area contributed by atoms with Crippen LogP contribution in [0.5, 0.6) is 0 Å². The number of benzene rings is 1. The molecule has 0 bridgehead atoms. The summed E-state index contributed by atoms with van der Waals surface area (Å²) in [6.45, 7) is 3.66. The van der Waals surface area contributed by atoms with Crippen LogP contribution in [0.15, 0.2) is 18.2 Å². The lowest BCUT2D eigenvalue weighted by Gasteiger charge is -2.06. The molecule has 0 atom stereocenters.